The number of nitrogens with two attached hydrogens (primary N) is 1. The Bertz CT molecular complexity index is 1850. The molecule has 0 saturated carbocycles. The standard InChI is InChI=1S/C27H17ClF3N7O/c1-14(36-25-18(24(32)34-13-35-25)7-8-21-20(31)5-3-9-33-21)26-37-22-6-2-4-19(28)23(22)27(39)38(26)17-11-15(29)10-16(30)12-17/h2-6,9-14H,1H3,(H3,32,34,35,36). The van der Waals surface area contributed by atoms with Crippen LogP contribution in [0.5, 0.6) is 0 Å². The highest BCUT2D eigenvalue weighted by atomic mass is 35.5. The van der Waals surface area contributed by atoms with Crippen LogP contribution >= 0.6 is 11.6 Å². The molecule has 0 bridgehead atoms. The molecule has 194 valence electrons. The SMILES string of the molecule is CC(Nc1ncnc(N)c1C#Cc1ncccc1F)c1nc2cccc(Cl)c2c(=O)n1-c1cc(F)cc(F)c1. The van der Waals surface area contributed by atoms with E-state index in [1.807, 2.05) is 0 Å². The van der Waals surface area contributed by atoms with Gasteiger partial charge in [0.15, 0.2) is 5.82 Å². The van der Waals surface area contributed by atoms with Crippen LogP contribution in [0.4, 0.5) is 24.8 Å². The van der Waals surface area contributed by atoms with Crippen LogP contribution in [0.25, 0.3) is 16.6 Å². The average Bonchev–Trinajstić information content (AvgIpc) is 2.88. The molecule has 3 aromatic heterocycles. The first-order valence-corrected chi connectivity index (χ1v) is 11.8. The van der Waals surface area contributed by atoms with Crippen LogP contribution in [0.1, 0.15) is 30.0 Å². The molecule has 3 heterocycles. The molecule has 0 fully saturated rings. The molecule has 0 radical (unpaired) electrons. The van der Waals surface area contributed by atoms with E-state index in [-0.39, 0.29) is 50.3 Å². The normalized spacial score (nSPS) is 11.6. The molecule has 0 aliphatic rings. The molecule has 0 spiro atoms. The summed E-state index contributed by atoms with van der Waals surface area (Å²) in [4.78, 5) is 30.2. The lowest BCUT2D eigenvalue weighted by molar-refractivity contribution is 0.579. The topological polar surface area (TPSA) is 112 Å². The molecule has 0 amide bonds. The van der Waals surface area contributed by atoms with Crippen molar-refractivity contribution in [2.24, 2.45) is 0 Å². The summed E-state index contributed by atoms with van der Waals surface area (Å²) >= 11 is 6.29. The van der Waals surface area contributed by atoms with Crippen molar-refractivity contribution in [3.63, 3.8) is 0 Å². The van der Waals surface area contributed by atoms with Crippen molar-refractivity contribution in [1.29, 1.82) is 0 Å². The summed E-state index contributed by atoms with van der Waals surface area (Å²) in [5.74, 6) is 3.20. The number of anilines is 2. The lowest BCUT2D eigenvalue weighted by atomic mass is 10.2. The zero-order valence-electron chi connectivity index (χ0n) is 20.1. The quantitative estimate of drug-likeness (QED) is 0.311. The molecule has 1 unspecified atom stereocenters. The number of rotatable bonds is 4. The van der Waals surface area contributed by atoms with Crippen molar-refractivity contribution in [3.05, 3.63) is 111 Å². The zero-order chi connectivity index (χ0) is 27.7. The van der Waals surface area contributed by atoms with E-state index >= 15 is 0 Å². The Labute approximate surface area is 224 Å². The van der Waals surface area contributed by atoms with Crippen molar-refractivity contribution in [2.75, 3.05) is 11.1 Å². The first-order chi connectivity index (χ1) is 18.7. The van der Waals surface area contributed by atoms with Crippen LogP contribution in [0.2, 0.25) is 5.02 Å². The summed E-state index contributed by atoms with van der Waals surface area (Å²) in [7, 11) is 0. The number of aromatic nitrogens is 5. The first kappa shape index (κ1) is 25.7. The summed E-state index contributed by atoms with van der Waals surface area (Å²) in [6, 6.07) is 9.29. The minimum atomic E-state index is -0.884. The monoisotopic (exact) mass is 547 g/mol. The van der Waals surface area contributed by atoms with E-state index in [1.165, 1.54) is 30.7 Å². The van der Waals surface area contributed by atoms with Crippen molar-refractivity contribution in [3.8, 4) is 17.5 Å². The van der Waals surface area contributed by atoms with E-state index in [4.69, 9.17) is 17.3 Å². The number of nitrogens with zero attached hydrogens (tertiary/aromatic N) is 5. The summed E-state index contributed by atoms with van der Waals surface area (Å²) in [5.41, 5.74) is 5.62. The highest BCUT2D eigenvalue weighted by Crippen LogP contribution is 2.26. The minimum Gasteiger partial charge on any atom is -0.382 e. The maximum atomic E-state index is 14.2. The lowest BCUT2D eigenvalue weighted by Gasteiger charge is -2.21. The molecule has 1 atom stereocenters. The maximum Gasteiger partial charge on any atom is 0.267 e. The van der Waals surface area contributed by atoms with Gasteiger partial charge in [-0.2, -0.15) is 0 Å². The Morgan fingerprint density at radius 1 is 1.03 bits per heavy atom. The van der Waals surface area contributed by atoms with E-state index in [9.17, 15) is 18.0 Å². The molecule has 2 aromatic carbocycles. The Morgan fingerprint density at radius 3 is 2.54 bits per heavy atom. The van der Waals surface area contributed by atoms with Crippen LogP contribution in [-0.2, 0) is 0 Å². The predicted molar refractivity (Wildman–Crippen MR) is 141 cm³/mol. The van der Waals surface area contributed by atoms with E-state index < -0.39 is 29.1 Å². The second-order valence-electron chi connectivity index (χ2n) is 8.30. The van der Waals surface area contributed by atoms with Gasteiger partial charge in [-0.25, -0.2) is 33.1 Å². The maximum absolute atomic E-state index is 14.2. The fourth-order valence-electron chi connectivity index (χ4n) is 3.92. The molecule has 3 N–H and O–H groups in total. The molecule has 5 rings (SSSR count). The van der Waals surface area contributed by atoms with E-state index in [1.54, 1.807) is 19.1 Å². The van der Waals surface area contributed by atoms with E-state index in [2.05, 4.69) is 37.1 Å². The number of nitrogen functional groups attached to an aromatic ring is 1. The minimum absolute atomic E-state index is 0.00591. The van der Waals surface area contributed by atoms with Crippen LogP contribution in [0.3, 0.4) is 0 Å². The van der Waals surface area contributed by atoms with Crippen molar-refractivity contribution in [2.45, 2.75) is 13.0 Å². The Morgan fingerprint density at radius 2 is 1.79 bits per heavy atom. The van der Waals surface area contributed by atoms with Gasteiger partial charge in [-0.1, -0.05) is 23.6 Å². The fourth-order valence-corrected chi connectivity index (χ4v) is 4.17. The highest BCUT2D eigenvalue weighted by Gasteiger charge is 2.22. The first-order valence-electron chi connectivity index (χ1n) is 11.4. The smallest absolute Gasteiger partial charge is 0.267 e. The number of fused-ring (bicyclic) bond motifs is 1. The number of hydrogen-bond acceptors (Lipinski definition) is 7. The summed E-state index contributed by atoms with van der Waals surface area (Å²) < 4.78 is 43.4. The van der Waals surface area contributed by atoms with Gasteiger partial charge in [-0.3, -0.25) is 9.36 Å². The van der Waals surface area contributed by atoms with Gasteiger partial charge in [0.05, 0.1) is 27.7 Å². The number of pyridine rings is 1. The van der Waals surface area contributed by atoms with E-state index in [0.29, 0.717) is 6.07 Å². The van der Waals surface area contributed by atoms with Gasteiger partial charge in [-0.15, -0.1) is 0 Å². The highest BCUT2D eigenvalue weighted by molar-refractivity contribution is 6.35. The van der Waals surface area contributed by atoms with Crippen LogP contribution in [0.15, 0.2) is 65.8 Å². The van der Waals surface area contributed by atoms with Crippen molar-refractivity contribution < 1.29 is 13.2 Å². The van der Waals surface area contributed by atoms with Gasteiger partial charge in [0.1, 0.15) is 46.7 Å². The van der Waals surface area contributed by atoms with E-state index in [0.717, 1.165) is 16.7 Å². The van der Waals surface area contributed by atoms with Gasteiger partial charge in [0.2, 0.25) is 0 Å². The van der Waals surface area contributed by atoms with Crippen molar-refractivity contribution in [1.82, 2.24) is 24.5 Å². The van der Waals surface area contributed by atoms with Crippen LogP contribution in [-0.4, -0.2) is 24.5 Å². The van der Waals surface area contributed by atoms with Crippen LogP contribution in [0, 0.1) is 29.3 Å². The molecule has 8 nitrogen and oxygen atoms in total. The lowest BCUT2D eigenvalue weighted by Crippen LogP contribution is -2.28. The Hall–Kier alpha value is -4.95. The van der Waals surface area contributed by atoms with Crippen LogP contribution < -0.4 is 16.6 Å². The third-order valence-electron chi connectivity index (χ3n) is 5.66. The summed E-state index contributed by atoms with van der Waals surface area (Å²) in [6.45, 7) is 1.65. The molecule has 12 heteroatoms. The Balaban J connectivity index is 1.65. The number of benzene rings is 2. The second-order valence-corrected chi connectivity index (χ2v) is 8.71. The molecular formula is C27H17ClF3N7O. The van der Waals surface area contributed by atoms with Crippen molar-refractivity contribution >= 4 is 34.1 Å². The number of hydrogen-bond donors (Lipinski definition) is 2. The molecule has 39 heavy (non-hydrogen) atoms. The predicted octanol–water partition coefficient (Wildman–Crippen LogP) is 4.80. The van der Waals surface area contributed by atoms with Gasteiger partial charge in [0.25, 0.3) is 5.56 Å². The van der Waals surface area contributed by atoms with Gasteiger partial charge in [0, 0.05) is 12.3 Å². The molecule has 5 aromatic rings. The second kappa shape index (κ2) is 10.4. The number of nitrogens with one attached hydrogen (secondary N) is 1. The van der Waals surface area contributed by atoms with Gasteiger partial charge >= 0.3 is 0 Å². The molecule has 0 aliphatic carbocycles. The summed E-state index contributed by atoms with van der Waals surface area (Å²) in [5, 5.41) is 3.28. The van der Waals surface area contributed by atoms with Gasteiger partial charge in [-0.05, 0) is 49.2 Å². The average molecular weight is 548 g/mol. The molecule has 0 saturated heterocycles. The largest absolute Gasteiger partial charge is 0.382 e. The molecule has 0 aliphatic heterocycles. The third kappa shape index (κ3) is 5.10. The zero-order valence-corrected chi connectivity index (χ0v) is 20.8. The number of halogens is 4. The van der Waals surface area contributed by atoms with Gasteiger partial charge < -0.3 is 11.1 Å². The Kier molecular flexibility index (Phi) is 6.87. The molecular weight excluding hydrogens is 531 g/mol. The third-order valence-corrected chi connectivity index (χ3v) is 5.97. The summed E-state index contributed by atoms with van der Waals surface area (Å²) in [6.07, 6.45) is 2.59. The fraction of sp³-hybridized carbons (Fsp3) is 0.0741.